The number of hydrogen-bond acceptors (Lipinski definition) is 6. The minimum absolute atomic E-state index is 0.0269. The number of fused-ring (bicyclic) bond motifs is 5. The fraction of sp³-hybridized carbons (Fsp3) is 0.240. The Balaban J connectivity index is 1.38. The first-order valence-corrected chi connectivity index (χ1v) is 11.2. The maximum Gasteiger partial charge on any atom is 0.256 e. The molecule has 10 heteroatoms. The zero-order chi connectivity index (χ0) is 24.5. The van der Waals surface area contributed by atoms with E-state index in [0.717, 1.165) is 12.1 Å². The van der Waals surface area contributed by atoms with E-state index in [-0.39, 0.29) is 59.4 Å². The molecule has 0 radical (unpaired) electrons. The number of halogens is 2. The van der Waals surface area contributed by atoms with Crippen molar-refractivity contribution in [1.29, 1.82) is 0 Å². The van der Waals surface area contributed by atoms with Gasteiger partial charge in [0.1, 0.15) is 36.6 Å². The maximum absolute atomic E-state index is 14.3. The number of ether oxygens (including phenoxy) is 1. The highest BCUT2D eigenvalue weighted by Gasteiger charge is 2.57. The molecule has 3 heterocycles. The van der Waals surface area contributed by atoms with Crippen LogP contribution in [0.4, 0.5) is 8.78 Å². The van der Waals surface area contributed by atoms with Crippen LogP contribution in [0.5, 0.6) is 0 Å². The number of nitrogens with one attached hydrogen (secondary N) is 1. The molecule has 1 aromatic rings. The van der Waals surface area contributed by atoms with Gasteiger partial charge in [0, 0.05) is 29.9 Å². The molecular formula is C25H21F2N3O5. The van der Waals surface area contributed by atoms with Gasteiger partial charge in [-0.25, -0.2) is 8.78 Å². The first-order chi connectivity index (χ1) is 16.8. The standard InChI is InChI=1S/C25H21F2N3O5/c26-14-5-4-13(17(27)9-14)10-28-25(33)21-16-6-7-18(31)23(32)20(16)22-24(21)35-19-11-29-8-2-1-3-15(29)12-30(19,22)34/h1-9,15,18-19,31-32H,10-12H2,(H,28,33)/t15-,18?,19?,30?/m0/s1. The van der Waals surface area contributed by atoms with Crippen molar-refractivity contribution in [2.75, 3.05) is 13.1 Å². The van der Waals surface area contributed by atoms with Gasteiger partial charge in [0.15, 0.2) is 5.70 Å². The van der Waals surface area contributed by atoms with Gasteiger partial charge in [-0.1, -0.05) is 24.3 Å². The summed E-state index contributed by atoms with van der Waals surface area (Å²) < 4.78 is 32.5. The Kier molecular flexibility index (Phi) is 4.75. The van der Waals surface area contributed by atoms with Crippen molar-refractivity contribution in [2.24, 2.45) is 0 Å². The van der Waals surface area contributed by atoms with E-state index in [1.54, 1.807) is 0 Å². The average molecular weight is 481 g/mol. The predicted molar refractivity (Wildman–Crippen MR) is 119 cm³/mol. The molecule has 0 saturated carbocycles. The van der Waals surface area contributed by atoms with Crippen molar-refractivity contribution in [3.05, 3.63) is 111 Å². The Morgan fingerprint density at radius 3 is 2.91 bits per heavy atom. The molecule has 1 aromatic carbocycles. The Labute approximate surface area is 198 Å². The number of piperazine rings is 1. The molecule has 3 N–H and O–H groups in total. The lowest BCUT2D eigenvalue weighted by Gasteiger charge is -2.52. The quantitative estimate of drug-likeness (QED) is 0.452. The zero-order valence-electron chi connectivity index (χ0n) is 18.3. The first-order valence-electron chi connectivity index (χ1n) is 11.2. The van der Waals surface area contributed by atoms with Gasteiger partial charge >= 0.3 is 0 Å². The van der Waals surface area contributed by atoms with Crippen molar-refractivity contribution in [3.8, 4) is 0 Å². The Hall–Kier alpha value is -3.73. The first kappa shape index (κ1) is 21.8. The lowest BCUT2D eigenvalue weighted by molar-refractivity contribution is -0.885. The maximum atomic E-state index is 14.3. The molecule has 1 saturated heterocycles. The molecule has 6 rings (SSSR count). The molecule has 2 aliphatic carbocycles. The summed E-state index contributed by atoms with van der Waals surface area (Å²) >= 11 is 0. The zero-order valence-corrected chi connectivity index (χ0v) is 18.3. The third kappa shape index (κ3) is 3.18. The van der Waals surface area contributed by atoms with Crippen LogP contribution in [-0.2, 0) is 16.1 Å². The van der Waals surface area contributed by atoms with E-state index in [1.807, 2.05) is 29.3 Å². The summed E-state index contributed by atoms with van der Waals surface area (Å²) in [5, 5.41) is 37.9. The second kappa shape index (κ2) is 7.64. The minimum atomic E-state index is -1.33. The summed E-state index contributed by atoms with van der Waals surface area (Å²) in [5.41, 5.74) is 0.557. The second-order valence-corrected chi connectivity index (χ2v) is 8.99. The van der Waals surface area contributed by atoms with E-state index in [4.69, 9.17) is 4.74 Å². The van der Waals surface area contributed by atoms with E-state index >= 15 is 0 Å². The van der Waals surface area contributed by atoms with Crippen molar-refractivity contribution in [1.82, 2.24) is 10.2 Å². The van der Waals surface area contributed by atoms with Gasteiger partial charge in [-0.2, -0.15) is 0 Å². The fourth-order valence-corrected chi connectivity index (χ4v) is 5.23. The normalized spacial score (nSPS) is 30.3. The fourth-order valence-electron chi connectivity index (χ4n) is 5.23. The Morgan fingerprint density at radius 2 is 2.11 bits per heavy atom. The smallest absolute Gasteiger partial charge is 0.256 e. The summed E-state index contributed by atoms with van der Waals surface area (Å²) in [6.45, 7) is 0.122. The number of carbonyl (C=O) groups is 1. The molecule has 1 fully saturated rings. The molecule has 0 bridgehead atoms. The number of aliphatic hydroxyl groups excluding tert-OH is 2. The molecule has 5 aliphatic rings. The lowest BCUT2D eigenvalue weighted by Crippen LogP contribution is -2.63. The van der Waals surface area contributed by atoms with Gasteiger partial charge in [0.05, 0.1) is 17.2 Å². The van der Waals surface area contributed by atoms with Gasteiger partial charge < -0.3 is 30.4 Å². The van der Waals surface area contributed by atoms with Gasteiger partial charge in [-0.3, -0.25) is 9.44 Å². The van der Waals surface area contributed by atoms with Crippen LogP contribution in [0.3, 0.4) is 0 Å². The number of amides is 1. The van der Waals surface area contributed by atoms with Gasteiger partial charge in [-0.15, -0.1) is 0 Å². The van der Waals surface area contributed by atoms with Gasteiger partial charge in [0.25, 0.3) is 12.1 Å². The van der Waals surface area contributed by atoms with E-state index in [0.29, 0.717) is 0 Å². The minimum Gasteiger partial charge on any atom is -0.624 e. The number of quaternary nitrogens is 1. The summed E-state index contributed by atoms with van der Waals surface area (Å²) in [4.78, 5) is 15.3. The number of rotatable bonds is 3. The Bertz CT molecular complexity index is 1340. The number of nitrogens with zero attached hydrogens (tertiary/aromatic N) is 2. The van der Waals surface area contributed by atoms with Crippen LogP contribution in [-0.4, -0.2) is 57.1 Å². The number of hydroxylamine groups is 3. The monoisotopic (exact) mass is 481 g/mol. The molecule has 8 nitrogen and oxygen atoms in total. The van der Waals surface area contributed by atoms with Crippen LogP contribution >= 0.6 is 0 Å². The number of benzene rings is 1. The topological polar surface area (TPSA) is 105 Å². The lowest BCUT2D eigenvalue weighted by atomic mass is 9.94. The van der Waals surface area contributed by atoms with E-state index in [2.05, 4.69) is 5.32 Å². The SMILES string of the molecule is O=C(NCc1ccc(F)cc1F)C1=C2C=CC(O)C(O)=C2C2=C1OC1CN3C=CC=C[C@H]3C[N+]21[O-]. The van der Waals surface area contributed by atoms with Crippen LogP contribution in [0.25, 0.3) is 0 Å². The van der Waals surface area contributed by atoms with Gasteiger partial charge in [0.2, 0.25) is 5.76 Å². The summed E-state index contributed by atoms with van der Waals surface area (Å²) in [6, 6.07) is 2.86. The molecule has 0 spiro atoms. The second-order valence-electron chi connectivity index (χ2n) is 8.99. The molecule has 1 amide bonds. The van der Waals surface area contributed by atoms with E-state index in [1.165, 1.54) is 18.2 Å². The van der Waals surface area contributed by atoms with Crippen LogP contribution < -0.4 is 5.32 Å². The van der Waals surface area contributed by atoms with Crippen molar-refractivity contribution >= 4 is 5.91 Å². The van der Waals surface area contributed by atoms with Gasteiger partial charge in [-0.05, 0) is 18.2 Å². The molecular weight excluding hydrogens is 460 g/mol. The third-order valence-electron chi connectivity index (χ3n) is 6.95. The molecule has 3 unspecified atom stereocenters. The number of allylic oxidation sites excluding steroid dienone is 4. The summed E-state index contributed by atoms with van der Waals surface area (Å²) in [6.07, 6.45) is 8.06. The molecule has 180 valence electrons. The highest BCUT2D eigenvalue weighted by Crippen LogP contribution is 2.53. The number of hydrogen-bond donors (Lipinski definition) is 3. The highest BCUT2D eigenvalue weighted by atomic mass is 19.1. The third-order valence-corrected chi connectivity index (χ3v) is 6.95. The van der Waals surface area contributed by atoms with Crippen LogP contribution in [0.2, 0.25) is 0 Å². The average Bonchev–Trinajstić information content (AvgIpc) is 3.30. The molecule has 4 atom stereocenters. The summed E-state index contributed by atoms with van der Waals surface area (Å²) in [7, 11) is 0. The largest absolute Gasteiger partial charge is 0.624 e. The Morgan fingerprint density at radius 1 is 1.29 bits per heavy atom. The number of aliphatic hydroxyl groups is 2. The van der Waals surface area contributed by atoms with E-state index in [9.17, 15) is 29.0 Å². The molecule has 3 aliphatic heterocycles. The van der Waals surface area contributed by atoms with Crippen molar-refractivity contribution < 1.29 is 33.2 Å². The highest BCUT2D eigenvalue weighted by molar-refractivity contribution is 6.02. The van der Waals surface area contributed by atoms with Crippen molar-refractivity contribution in [2.45, 2.75) is 24.9 Å². The summed E-state index contributed by atoms with van der Waals surface area (Å²) in [5.74, 6) is -2.56. The van der Waals surface area contributed by atoms with Crippen LogP contribution in [0, 0.1) is 16.8 Å². The van der Waals surface area contributed by atoms with Crippen molar-refractivity contribution in [3.63, 3.8) is 0 Å². The van der Waals surface area contributed by atoms with Crippen LogP contribution in [0.15, 0.2) is 88.7 Å². The van der Waals surface area contributed by atoms with Crippen LogP contribution in [0.1, 0.15) is 5.56 Å². The number of carbonyl (C=O) groups excluding carboxylic acids is 1. The predicted octanol–water partition coefficient (Wildman–Crippen LogP) is 2.28. The van der Waals surface area contributed by atoms with E-state index < -0.39 is 40.3 Å². The molecule has 35 heavy (non-hydrogen) atoms. The molecule has 0 aromatic heterocycles.